The predicted octanol–water partition coefficient (Wildman–Crippen LogP) is 3.17. The van der Waals surface area contributed by atoms with Crippen molar-refractivity contribution in [3.63, 3.8) is 0 Å². The van der Waals surface area contributed by atoms with Gasteiger partial charge in [0.25, 0.3) is 0 Å². The van der Waals surface area contributed by atoms with Crippen molar-refractivity contribution >= 4 is 0 Å². The van der Waals surface area contributed by atoms with Crippen molar-refractivity contribution in [2.45, 2.75) is 65.0 Å². The standard InChI is InChI=1S/C15H27N3/c1-4-8-16-15-7-6-14(12(15)3)13-10-17-18(11-13)9-5-2/h10-12,14-16H,4-9H2,1-3H3. The van der Waals surface area contributed by atoms with E-state index in [0.29, 0.717) is 12.0 Å². The molecule has 3 nitrogen and oxygen atoms in total. The van der Waals surface area contributed by atoms with Crippen molar-refractivity contribution in [2.24, 2.45) is 5.92 Å². The van der Waals surface area contributed by atoms with Crippen LogP contribution >= 0.6 is 0 Å². The summed E-state index contributed by atoms with van der Waals surface area (Å²) in [6, 6.07) is 0.699. The molecule has 0 amide bonds. The summed E-state index contributed by atoms with van der Waals surface area (Å²) < 4.78 is 2.09. The summed E-state index contributed by atoms with van der Waals surface area (Å²) in [7, 11) is 0. The summed E-state index contributed by atoms with van der Waals surface area (Å²) in [6.07, 6.45) is 9.33. The molecule has 0 spiro atoms. The lowest BCUT2D eigenvalue weighted by Crippen LogP contribution is -2.32. The van der Waals surface area contributed by atoms with Crippen molar-refractivity contribution < 1.29 is 0 Å². The van der Waals surface area contributed by atoms with Gasteiger partial charge in [-0.3, -0.25) is 4.68 Å². The summed E-state index contributed by atoms with van der Waals surface area (Å²) in [5, 5.41) is 8.15. The van der Waals surface area contributed by atoms with E-state index in [9.17, 15) is 0 Å². The van der Waals surface area contributed by atoms with Crippen molar-refractivity contribution in [3.05, 3.63) is 18.0 Å². The molecular formula is C15H27N3. The molecule has 1 saturated carbocycles. The maximum atomic E-state index is 4.47. The molecule has 2 rings (SSSR count). The van der Waals surface area contributed by atoms with E-state index in [0.717, 1.165) is 25.4 Å². The first-order valence-electron chi connectivity index (χ1n) is 7.52. The van der Waals surface area contributed by atoms with E-state index in [-0.39, 0.29) is 0 Å². The minimum Gasteiger partial charge on any atom is -0.314 e. The zero-order valence-electron chi connectivity index (χ0n) is 12.0. The first-order chi connectivity index (χ1) is 8.76. The molecule has 1 aliphatic carbocycles. The lowest BCUT2D eigenvalue weighted by Gasteiger charge is -2.21. The van der Waals surface area contributed by atoms with Gasteiger partial charge in [-0.15, -0.1) is 0 Å². The highest BCUT2D eigenvalue weighted by Gasteiger charge is 2.33. The largest absolute Gasteiger partial charge is 0.314 e. The third-order valence-electron chi connectivity index (χ3n) is 4.25. The highest BCUT2D eigenvalue weighted by molar-refractivity contribution is 5.16. The summed E-state index contributed by atoms with van der Waals surface area (Å²) in [6.45, 7) is 9.01. The summed E-state index contributed by atoms with van der Waals surface area (Å²) >= 11 is 0. The molecule has 1 aliphatic rings. The average Bonchev–Trinajstić information content (AvgIpc) is 2.94. The molecular weight excluding hydrogens is 222 g/mol. The van der Waals surface area contributed by atoms with Crippen LogP contribution in [0.4, 0.5) is 0 Å². The first kappa shape index (κ1) is 13.6. The van der Waals surface area contributed by atoms with Gasteiger partial charge in [0.15, 0.2) is 0 Å². The Morgan fingerprint density at radius 1 is 1.33 bits per heavy atom. The van der Waals surface area contributed by atoms with Crippen LogP contribution in [-0.2, 0) is 6.54 Å². The number of hydrogen-bond acceptors (Lipinski definition) is 2. The number of rotatable bonds is 6. The molecule has 0 aliphatic heterocycles. The Morgan fingerprint density at radius 3 is 2.89 bits per heavy atom. The van der Waals surface area contributed by atoms with Gasteiger partial charge in [0.2, 0.25) is 0 Å². The van der Waals surface area contributed by atoms with Gasteiger partial charge in [-0.05, 0) is 49.6 Å². The van der Waals surface area contributed by atoms with Gasteiger partial charge in [-0.2, -0.15) is 5.10 Å². The van der Waals surface area contributed by atoms with Gasteiger partial charge in [-0.25, -0.2) is 0 Å². The normalized spacial score (nSPS) is 27.8. The lowest BCUT2D eigenvalue weighted by atomic mass is 9.91. The van der Waals surface area contributed by atoms with E-state index in [1.54, 1.807) is 0 Å². The van der Waals surface area contributed by atoms with E-state index in [1.807, 2.05) is 0 Å². The highest BCUT2D eigenvalue weighted by atomic mass is 15.3. The van der Waals surface area contributed by atoms with Crippen LogP contribution in [0.3, 0.4) is 0 Å². The topological polar surface area (TPSA) is 29.9 Å². The SMILES string of the molecule is CCCNC1CCC(c2cnn(CCC)c2)C1C. The third-order valence-corrected chi connectivity index (χ3v) is 4.25. The lowest BCUT2D eigenvalue weighted by molar-refractivity contribution is 0.404. The fourth-order valence-corrected chi connectivity index (χ4v) is 3.18. The molecule has 0 bridgehead atoms. The summed E-state index contributed by atoms with van der Waals surface area (Å²) in [5.41, 5.74) is 1.44. The number of nitrogens with one attached hydrogen (secondary N) is 1. The molecule has 102 valence electrons. The quantitative estimate of drug-likeness (QED) is 0.839. The number of hydrogen-bond donors (Lipinski definition) is 1. The molecule has 3 heteroatoms. The summed E-state index contributed by atoms with van der Waals surface area (Å²) in [5.74, 6) is 1.43. The zero-order chi connectivity index (χ0) is 13.0. The fraction of sp³-hybridized carbons (Fsp3) is 0.800. The fourth-order valence-electron chi connectivity index (χ4n) is 3.18. The van der Waals surface area contributed by atoms with Crippen LogP contribution in [0.15, 0.2) is 12.4 Å². The molecule has 18 heavy (non-hydrogen) atoms. The van der Waals surface area contributed by atoms with Gasteiger partial charge in [0.1, 0.15) is 0 Å². The van der Waals surface area contributed by atoms with Gasteiger partial charge >= 0.3 is 0 Å². The highest BCUT2D eigenvalue weighted by Crippen LogP contribution is 2.39. The molecule has 0 saturated heterocycles. The van der Waals surface area contributed by atoms with E-state index < -0.39 is 0 Å². The first-order valence-corrected chi connectivity index (χ1v) is 7.52. The van der Waals surface area contributed by atoms with Crippen molar-refractivity contribution in [1.82, 2.24) is 15.1 Å². The van der Waals surface area contributed by atoms with E-state index >= 15 is 0 Å². The molecule has 1 aromatic heterocycles. The van der Waals surface area contributed by atoms with Crippen LogP contribution < -0.4 is 5.32 Å². The van der Waals surface area contributed by atoms with Crippen LogP contribution in [0, 0.1) is 5.92 Å². The van der Waals surface area contributed by atoms with Crippen molar-refractivity contribution in [1.29, 1.82) is 0 Å². The second-order valence-electron chi connectivity index (χ2n) is 5.64. The Bertz CT molecular complexity index is 358. The number of aryl methyl sites for hydroxylation is 1. The minimum atomic E-state index is 0.699. The predicted molar refractivity (Wildman–Crippen MR) is 75.7 cm³/mol. The second kappa shape index (κ2) is 6.37. The maximum Gasteiger partial charge on any atom is 0.0524 e. The van der Waals surface area contributed by atoms with Crippen LogP contribution in [0.25, 0.3) is 0 Å². The number of aromatic nitrogens is 2. The minimum absolute atomic E-state index is 0.699. The summed E-state index contributed by atoms with van der Waals surface area (Å²) in [4.78, 5) is 0. The smallest absolute Gasteiger partial charge is 0.0524 e. The van der Waals surface area contributed by atoms with Gasteiger partial charge in [0.05, 0.1) is 6.20 Å². The Hall–Kier alpha value is -0.830. The molecule has 1 fully saturated rings. The third kappa shape index (κ3) is 2.94. The van der Waals surface area contributed by atoms with Crippen LogP contribution in [0.1, 0.15) is 57.9 Å². The monoisotopic (exact) mass is 249 g/mol. The van der Waals surface area contributed by atoms with Crippen LogP contribution in [-0.4, -0.2) is 22.4 Å². The Kier molecular flexibility index (Phi) is 4.81. The number of nitrogens with zero attached hydrogens (tertiary/aromatic N) is 2. The Balaban J connectivity index is 1.96. The van der Waals surface area contributed by atoms with E-state index in [2.05, 4.69) is 48.3 Å². The van der Waals surface area contributed by atoms with Gasteiger partial charge in [0, 0.05) is 18.8 Å². The molecule has 1 N–H and O–H groups in total. The van der Waals surface area contributed by atoms with Crippen molar-refractivity contribution in [2.75, 3.05) is 6.54 Å². The molecule has 3 atom stereocenters. The maximum absolute atomic E-state index is 4.47. The second-order valence-corrected chi connectivity index (χ2v) is 5.64. The zero-order valence-corrected chi connectivity index (χ0v) is 12.0. The van der Waals surface area contributed by atoms with Crippen LogP contribution in [0.2, 0.25) is 0 Å². The van der Waals surface area contributed by atoms with Gasteiger partial charge in [-0.1, -0.05) is 20.8 Å². The average molecular weight is 249 g/mol. The molecule has 1 aromatic rings. The van der Waals surface area contributed by atoms with E-state index in [4.69, 9.17) is 0 Å². The molecule has 1 heterocycles. The molecule has 0 radical (unpaired) electrons. The van der Waals surface area contributed by atoms with E-state index in [1.165, 1.54) is 24.8 Å². The van der Waals surface area contributed by atoms with Gasteiger partial charge < -0.3 is 5.32 Å². The Labute approximate surface area is 111 Å². The Morgan fingerprint density at radius 2 is 2.17 bits per heavy atom. The van der Waals surface area contributed by atoms with Crippen LogP contribution in [0.5, 0.6) is 0 Å². The molecule has 3 unspecified atom stereocenters. The van der Waals surface area contributed by atoms with Crippen molar-refractivity contribution in [3.8, 4) is 0 Å². The molecule has 0 aromatic carbocycles.